The monoisotopic (exact) mass is 221 g/mol. The predicted octanol–water partition coefficient (Wildman–Crippen LogP) is 3.26. The van der Waals surface area contributed by atoms with Gasteiger partial charge < -0.3 is 5.11 Å². The van der Waals surface area contributed by atoms with Crippen LogP contribution in [0.15, 0.2) is 12.1 Å². The number of unbranched alkanes of at least 4 members (excludes halogenated alkanes) is 3. The van der Waals surface area contributed by atoms with E-state index in [1.165, 1.54) is 25.7 Å². The van der Waals surface area contributed by atoms with Crippen molar-refractivity contribution in [2.45, 2.75) is 59.0 Å². The van der Waals surface area contributed by atoms with Gasteiger partial charge in [-0.15, -0.1) is 0 Å². The minimum atomic E-state index is 0.122. The number of aliphatic hydroxyl groups excluding tert-OH is 1. The molecule has 0 spiro atoms. The molecule has 90 valence electrons. The Hall–Kier alpha value is -0.890. The van der Waals surface area contributed by atoms with Crippen molar-refractivity contribution in [2.24, 2.45) is 0 Å². The van der Waals surface area contributed by atoms with Gasteiger partial charge in [-0.1, -0.05) is 33.1 Å². The second-order valence-corrected chi connectivity index (χ2v) is 4.28. The van der Waals surface area contributed by atoms with E-state index in [4.69, 9.17) is 5.11 Å². The van der Waals surface area contributed by atoms with Crippen LogP contribution in [0.2, 0.25) is 0 Å². The van der Waals surface area contributed by atoms with E-state index in [2.05, 4.69) is 18.8 Å². The lowest BCUT2D eigenvalue weighted by atomic mass is 10.1. The number of aryl methyl sites for hydroxylation is 2. The Morgan fingerprint density at radius 3 is 2.44 bits per heavy atom. The Kier molecular flexibility index (Phi) is 6.09. The summed E-state index contributed by atoms with van der Waals surface area (Å²) < 4.78 is 0. The third kappa shape index (κ3) is 4.31. The first-order valence-corrected chi connectivity index (χ1v) is 6.39. The van der Waals surface area contributed by atoms with Gasteiger partial charge in [-0.25, -0.2) is 0 Å². The molecule has 0 fully saturated rings. The van der Waals surface area contributed by atoms with Crippen LogP contribution in [0.3, 0.4) is 0 Å². The molecule has 0 saturated heterocycles. The Morgan fingerprint density at radius 1 is 1.06 bits per heavy atom. The lowest BCUT2D eigenvalue weighted by Gasteiger charge is -2.06. The zero-order chi connectivity index (χ0) is 11.8. The van der Waals surface area contributed by atoms with Gasteiger partial charge in [-0.2, -0.15) is 0 Å². The fraction of sp³-hybridized carbons (Fsp3) is 0.643. The number of aromatic nitrogens is 1. The molecule has 1 aromatic rings. The van der Waals surface area contributed by atoms with Gasteiger partial charge in [0.1, 0.15) is 0 Å². The first-order valence-electron chi connectivity index (χ1n) is 6.39. The highest BCUT2D eigenvalue weighted by Crippen LogP contribution is 2.11. The minimum Gasteiger partial charge on any atom is -0.392 e. The molecule has 0 aromatic carbocycles. The van der Waals surface area contributed by atoms with Crippen LogP contribution >= 0.6 is 0 Å². The van der Waals surface area contributed by atoms with Crippen LogP contribution in [0.1, 0.15) is 56.5 Å². The summed E-state index contributed by atoms with van der Waals surface area (Å²) in [6.07, 6.45) is 7.04. The molecule has 1 heterocycles. The van der Waals surface area contributed by atoms with Crippen molar-refractivity contribution in [3.8, 4) is 0 Å². The van der Waals surface area contributed by atoms with Gasteiger partial charge >= 0.3 is 0 Å². The predicted molar refractivity (Wildman–Crippen MR) is 67.4 cm³/mol. The van der Waals surface area contributed by atoms with Crippen molar-refractivity contribution in [3.63, 3.8) is 0 Å². The smallest absolute Gasteiger partial charge is 0.0683 e. The van der Waals surface area contributed by atoms with Crippen molar-refractivity contribution in [1.82, 2.24) is 4.98 Å². The molecule has 0 radical (unpaired) electrons. The second-order valence-electron chi connectivity index (χ2n) is 4.28. The first kappa shape index (κ1) is 13.2. The van der Waals surface area contributed by atoms with Crippen LogP contribution < -0.4 is 0 Å². The fourth-order valence-corrected chi connectivity index (χ4v) is 1.85. The first-order chi connectivity index (χ1) is 7.80. The molecule has 2 heteroatoms. The maximum absolute atomic E-state index is 9.16. The summed E-state index contributed by atoms with van der Waals surface area (Å²) in [6.45, 7) is 4.45. The molecule has 0 aliphatic carbocycles. The maximum atomic E-state index is 9.16. The van der Waals surface area contributed by atoms with Crippen LogP contribution in [-0.4, -0.2) is 10.1 Å². The third-order valence-corrected chi connectivity index (χ3v) is 2.82. The van der Waals surface area contributed by atoms with Crippen molar-refractivity contribution < 1.29 is 5.11 Å². The second kappa shape index (κ2) is 7.39. The fourth-order valence-electron chi connectivity index (χ4n) is 1.85. The van der Waals surface area contributed by atoms with Crippen LogP contribution in [0.5, 0.6) is 0 Å². The molecule has 2 nitrogen and oxygen atoms in total. The van der Waals surface area contributed by atoms with Crippen LogP contribution in [0, 0.1) is 0 Å². The molecule has 0 bridgehead atoms. The summed E-state index contributed by atoms with van der Waals surface area (Å²) in [4.78, 5) is 4.59. The number of aliphatic hydroxyl groups is 1. The molecule has 16 heavy (non-hydrogen) atoms. The molecule has 1 rings (SSSR count). The molecular formula is C14H23NO. The molecule has 0 aliphatic rings. The van der Waals surface area contributed by atoms with E-state index >= 15 is 0 Å². The van der Waals surface area contributed by atoms with Crippen LogP contribution in [0.4, 0.5) is 0 Å². The summed E-state index contributed by atoms with van der Waals surface area (Å²) in [5.41, 5.74) is 3.23. The highest BCUT2D eigenvalue weighted by molar-refractivity contribution is 5.21. The Morgan fingerprint density at radius 2 is 1.81 bits per heavy atom. The molecule has 0 aliphatic heterocycles. The van der Waals surface area contributed by atoms with E-state index in [1.54, 1.807) is 0 Å². The largest absolute Gasteiger partial charge is 0.392 e. The summed E-state index contributed by atoms with van der Waals surface area (Å²) in [7, 11) is 0. The SMILES string of the molecule is CCCCCCc1cc(CO)cc(CC)n1. The van der Waals surface area contributed by atoms with Gasteiger partial charge in [0, 0.05) is 11.4 Å². The average Bonchev–Trinajstić information content (AvgIpc) is 2.34. The number of nitrogens with zero attached hydrogens (tertiary/aromatic N) is 1. The van der Waals surface area contributed by atoms with E-state index in [-0.39, 0.29) is 6.61 Å². The van der Waals surface area contributed by atoms with Crippen molar-refractivity contribution in [2.75, 3.05) is 0 Å². The van der Waals surface area contributed by atoms with Crippen LogP contribution in [0.25, 0.3) is 0 Å². The summed E-state index contributed by atoms with van der Waals surface area (Å²) in [5, 5.41) is 9.16. The Balaban J connectivity index is 2.57. The third-order valence-electron chi connectivity index (χ3n) is 2.82. The number of hydrogen-bond acceptors (Lipinski definition) is 2. The van der Waals surface area contributed by atoms with E-state index < -0.39 is 0 Å². The number of rotatable bonds is 7. The standard InChI is InChI=1S/C14H23NO/c1-3-5-6-7-8-14-10-12(11-16)9-13(4-2)15-14/h9-10,16H,3-8,11H2,1-2H3. The average molecular weight is 221 g/mol. The number of pyridine rings is 1. The molecule has 0 saturated carbocycles. The van der Waals surface area contributed by atoms with Crippen molar-refractivity contribution in [3.05, 3.63) is 29.1 Å². The van der Waals surface area contributed by atoms with Gasteiger partial charge in [-0.05, 0) is 37.0 Å². The highest BCUT2D eigenvalue weighted by atomic mass is 16.3. The van der Waals surface area contributed by atoms with Gasteiger partial charge in [0.15, 0.2) is 0 Å². The van der Waals surface area contributed by atoms with Gasteiger partial charge in [0.25, 0.3) is 0 Å². The van der Waals surface area contributed by atoms with Gasteiger partial charge in [0.05, 0.1) is 6.61 Å². The lowest BCUT2D eigenvalue weighted by Crippen LogP contribution is -1.98. The highest BCUT2D eigenvalue weighted by Gasteiger charge is 2.01. The molecule has 1 aromatic heterocycles. The van der Waals surface area contributed by atoms with E-state index in [9.17, 15) is 0 Å². The van der Waals surface area contributed by atoms with Crippen LogP contribution in [-0.2, 0) is 19.4 Å². The van der Waals surface area contributed by atoms with E-state index in [1.807, 2.05) is 12.1 Å². The molecule has 0 amide bonds. The quantitative estimate of drug-likeness (QED) is 0.717. The van der Waals surface area contributed by atoms with Gasteiger partial charge in [-0.3, -0.25) is 4.98 Å². The zero-order valence-electron chi connectivity index (χ0n) is 10.5. The maximum Gasteiger partial charge on any atom is 0.0683 e. The molecule has 1 N–H and O–H groups in total. The summed E-state index contributed by atoms with van der Waals surface area (Å²) >= 11 is 0. The molecule has 0 unspecified atom stereocenters. The lowest BCUT2D eigenvalue weighted by molar-refractivity contribution is 0.281. The number of hydrogen-bond donors (Lipinski definition) is 1. The molecule has 0 atom stereocenters. The molecular weight excluding hydrogens is 198 g/mol. The van der Waals surface area contributed by atoms with E-state index in [0.29, 0.717) is 0 Å². The van der Waals surface area contributed by atoms with Crippen molar-refractivity contribution >= 4 is 0 Å². The van der Waals surface area contributed by atoms with Crippen molar-refractivity contribution in [1.29, 1.82) is 0 Å². The van der Waals surface area contributed by atoms with E-state index in [0.717, 1.165) is 29.8 Å². The summed E-state index contributed by atoms with van der Waals surface area (Å²) in [6, 6.07) is 4.03. The Bertz CT molecular complexity index is 287. The van der Waals surface area contributed by atoms with Gasteiger partial charge in [0.2, 0.25) is 0 Å². The Labute approximate surface area is 98.7 Å². The topological polar surface area (TPSA) is 33.1 Å². The normalized spacial score (nSPS) is 10.7. The minimum absolute atomic E-state index is 0.122. The summed E-state index contributed by atoms with van der Waals surface area (Å²) in [5.74, 6) is 0. The zero-order valence-corrected chi connectivity index (χ0v) is 10.5.